The number of H-pyrrole nitrogens is 1. The maximum atomic E-state index is 13.8. The molecule has 0 unspecified atom stereocenters. The third-order valence-electron chi connectivity index (χ3n) is 9.50. The van der Waals surface area contributed by atoms with Gasteiger partial charge in [-0.05, 0) is 74.2 Å². The Labute approximate surface area is 272 Å². The number of likely N-dealkylation sites (tertiary alicyclic amines) is 1. The lowest BCUT2D eigenvalue weighted by Crippen LogP contribution is -2.43. The van der Waals surface area contributed by atoms with E-state index in [-0.39, 0.29) is 11.8 Å². The van der Waals surface area contributed by atoms with E-state index in [0.29, 0.717) is 51.5 Å². The third kappa shape index (κ3) is 6.16. The van der Waals surface area contributed by atoms with Crippen LogP contribution in [0.5, 0.6) is 0 Å². The number of amides is 2. The molecule has 1 fully saturated rings. The summed E-state index contributed by atoms with van der Waals surface area (Å²) in [5.74, 6) is 0.596. The van der Waals surface area contributed by atoms with E-state index in [2.05, 4.69) is 66.5 Å². The number of rotatable bonds is 9. The van der Waals surface area contributed by atoms with Crippen LogP contribution >= 0.6 is 0 Å². The molecular weight excluding hydrogens is 592 g/mol. The number of carbonyl (C=O) groups excluding carboxylic acids is 2. The summed E-state index contributed by atoms with van der Waals surface area (Å²) in [5, 5.41) is 16.2. The van der Waals surface area contributed by atoms with Gasteiger partial charge in [-0.1, -0.05) is 19.9 Å². The first-order valence-electron chi connectivity index (χ1n) is 16.2. The van der Waals surface area contributed by atoms with Crippen LogP contribution in [0.25, 0.3) is 33.7 Å². The zero-order valence-corrected chi connectivity index (χ0v) is 26.7. The number of hydrogen-bond donors (Lipinski definition) is 2. The molecule has 1 aromatic carbocycles. The van der Waals surface area contributed by atoms with E-state index in [1.807, 2.05) is 41.6 Å². The lowest BCUT2D eigenvalue weighted by molar-refractivity contribution is -0.132. The summed E-state index contributed by atoms with van der Waals surface area (Å²) in [5.41, 5.74) is 6.06. The Bertz CT molecular complexity index is 1950. The standard InChI is InChI=1S/C35H38N10O2/c1-3-27-18-25(8-14-36-27)32-29-19-28(6-7-30(29)41-42-32)40-33(47)35(4-2)11-17-43(23-35)22-31(46)44-15-9-24(10-16-44)26-20-39-45(21-26)34-37-12-5-13-38-34/h5-9,12-14,18-21H,3-4,10-11,15-17,22-23H2,1-2H3,(H,40,47)(H,41,42)/t35-/m1/s1. The highest BCUT2D eigenvalue weighted by atomic mass is 16.2. The van der Waals surface area contributed by atoms with Crippen molar-refractivity contribution in [1.29, 1.82) is 0 Å². The summed E-state index contributed by atoms with van der Waals surface area (Å²) in [4.78, 5) is 44.1. The van der Waals surface area contributed by atoms with Crippen molar-refractivity contribution in [3.8, 4) is 17.2 Å². The molecule has 240 valence electrons. The van der Waals surface area contributed by atoms with Gasteiger partial charge < -0.3 is 10.2 Å². The predicted molar refractivity (Wildman–Crippen MR) is 179 cm³/mol. The average Bonchev–Trinajstić information content (AvgIpc) is 3.88. The summed E-state index contributed by atoms with van der Waals surface area (Å²) in [7, 11) is 0. The van der Waals surface area contributed by atoms with Crippen molar-refractivity contribution in [2.24, 2.45) is 5.41 Å². The minimum Gasteiger partial charge on any atom is -0.338 e. The van der Waals surface area contributed by atoms with Crippen LogP contribution in [0.3, 0.4) is 0 Å². The number of hydrogen-bond acceptors (Lipinski definition) is 8. The maximum absolute atomic E-state index is 13.8. The zero-order valence-electron chi connectivity index (χ0n) is 26.7. The van der Waals surface area contributed by atoms with E-state index in [1.54, 1.807) is 29.3 Å². The Balaban J connectivity index is 0.972. The first kappa shape index (κ1) is 30.4. The number of anilines is 1. The van der Waals surface area contributed by atoms with Crippen molar-refractivity contribution in [1.82, 2.24) is 44.7 Å². The lowest BCUT2D eigenvalue weighted by Gasteiger charge is -2.29. The topological polar surface area (TPSA) is 138 Å². The SMILES string of the molecule is CCc1cc(-c2n[nH]c3ccc(NC(=O)[C@]4(CC)CCN(CC(=O)N5CC=C(c6cnn(-c7ncccn7)c6)CC5)C4)cc23)ccn1. The lowest BCUT2D eigenvalue weighted by atomic mass is 9.83. The Morgan fingerprint density at radius 1 is 1.02 bits per heavy atom. The monoisotopic (exact) mass is 630 g/mol. The van der Waals surface area contributed by atoms with Crippen LogP contribution in [0.15, 0.2) is 73.5 Å². The van der Waals surface area contributed by atoms with E-state index in [0.717, 1.165) is 57.5 Å². The summed E-state index contributed by atoms with van der Waals surface area (Å²) >= 11 is 0. The van der Waals surface area contributed by atoms with Gasteiger partial charge in [-0.2, -0.15) is 10.2 Å². The summed E-state index contributed by atoms with van der Waals surface area (Å²) in [6, 6.07) is 11.6. The number of aryl methyl sites for hydroxylation is 1. The second-order valence-corrected chi connectivity index (χ2v) is 12.3. The molecule has 0 aliphatic carbocycles. The second-order valence-electron chi connectivity index (χ2n) is 12.3. The van der Waals surface area contributed by atoms with E-state index < -0.39 is 5.41 Å². The molecule has 0 bridgehead atoms. The van der Waals surface area contributed by atoms with Gasteiger partial charge in [0, 0.05) is 72.3 Å². The predicted octanol–water partition coefficient (Wildman–Crippen LogP) is 4.52. The molecule has 0 spiro atoms. The number of fused-ring (bicyclic) bond motifs is 1. The minimum absolute atomic E-state index is 0.0106. The summed E-state index contributed by atoms with van der Waals surface area (Å²) < 4.78 is 1.66. The van der Waals surface area contributed by atoms with E-state index in [1.165, 1.54) is 0 Å². The number of nitrogens with one attached hydrogen (secondary N) is 2. The first-order chi connectivity index (χ1) is 22.9. The Kier molecular flexibility index (Phi) is 8.33. The van der Waals surface area contributed by atoms with Gasteiger partial charge in [0.25, 0.3) is 0 Å². The van der Waals surface area contributed by atoms with Crippen LogP contribution in [-0.4, -0.2) is 89.3 Å². The van der Waals surface area contributed by atoms with Crippen molar-refractivity contribution in [3.63, 3.8) is 0 Å². The van der Waals surface area contributed by atoms with Crippen LogP contribution in [0.2, 0.25) is 0 Å². The minimum atomic E-state index is -0.562. The number of aromatic amines is 1. The molecule has 0 radical (unpaired) electrons. The van der Waals surface area contributed by atoms with Gasteiger partial charge in [0.1, 0.15) is 5.69 Å². The number of nitrogens with zero attached hydrogens (tertiary/aromatic N) is 8. The molecule has 1 atom stereocenters. The molecule has 7 rings (SSSR count). The fourth-order valence-corrected chi connectivity index (χ4v) is 6.58. The fraction of sp³-hybridized carbons (Fsp3) is 0.343. The van der Waals surface area contributed by atoms with Gasteiger partial charge in [0.15, 0.2) is 0 Å². The Morgan fingerprint density at radius 2 is 1.89 bits per heavy atom. The molecule has 0 saturated carbocycles. The van der Waals surface area contributed by atoms with E-state index >= 15 is 0 Å². The molecule has 4 aromatic heterocycles. The van der Waals surface area contributed by atoms with E-state index in [9.17, 15) is 9.59 Å². The highest BCUT2D eigenvalue weighted by Crippen LogP contribution is 2.36. The summed E-state index contributed by atoms with van der Waals surface area (Å²) in [6.07, 6.45) is 14.0. The van der Waals surface area contributed by atoms with E-state index in [4.69, 9.17) is 0 Å². The smallest absolute Gasteiger partial charge is 0.250 e. The molecule has 6 heterocycles. The van der Waals surface area contributed by atoms with Crippen LogP contribution in [0, 0.1) is 5.41 Å². The number of benzene rings is 1. The summed E-state index contributed by atoms with van der Waals surface area (Å²) in [6.45, 7) is 6.88. The van der Waals surface area contributed by atoms with Gasteiger partial charge in [0.2, 0.25) is 17.8 Å². The molecule has 47 heavy (non-hydrogen) atoms. The molecule has 2 N–H and O–H groups in total. The van der Waals surface area contributed by atoms with Crippen molar-refractivity contribution >= 4 is 34.0 Å². The van der Waals surface area contributed by atoms with Gasteiger partial charge in [-0.25, -0.2) is 14.6 Å². The normalized spacial score (nSPS) is 18.4. The first-order valence-corrected chi connectivity index (χ1v) is 16.2. The molecule has 5 aromatic rings. The Hall–Kier alpha value is -5.23. The van der Waals surface area contributed by atoms with Crippen molar-refractivity contribution in [3.05, 3.63) is 84.7 Å². The van der Waals surface area contributed by atoms with Crippen LogP contribution in [-0.2, 0) is 16.0 Å². The van der Waals surface area contributed by atoms with Gasteiger partial charge in [0.05, 0.1) is 23.7 Å². The molecule has 12 heteroatoms. The molecule has 2 amide bonds. The van der Waals surface area contributed by atoms with Crippen LogP contribution < -0.4 is 5.32 Å². The molecule has 12 nitrogen and oxygen atoms in total. The maximum Gasteiger partial charge on any atom is 0.250 e. The number of pyridine rings is 1. The van der Waals surface area contributed by atoms with Crippen molar-refractivity contribution in [2.75, 3.05) is 38.0 Å². The Morgan fingerprint density at radius 3 is 2.68 bits per heavy atom. The zero-order chi connectivity index (χ0) is 32.4. The molecule has 2 aliphatic heterocycles. The van der Waals surface area contributed by atoms with Crippen LogP contribution in [0.4, 0.5) is 5.69 Å². The highest BCUT2D eigenvalue weighted by Gasteiger charge is 2.43. The molecule has 2 aliphatic rings. The quantitative estimate of drug-likeness (QED) is 0.243. The molecule has 1 saturated heterocycles. The third-order valence-corrected chi connectivity index (χ3v) is 9.50. The molecular formula is C35H38N10O2. The van der Waals surface area contributed by atoms with Gasteiger partial charge >= 0.3 is 0 Å². The van der Waals surface area contributed by atoms with Crippen molar-refractivity contribution in [2.45, 2.75) is 39.5 Å². The average molecular weight is 631 g/mol. The van der Waals surface area contributed by atoms with Gasteiger partial charge in [-0.3, -0.25) is 24.6 Å². The van der Waals surface area contributed by atoms with Gasteiger partial charge in [-0.15, -0.1) is 0 Å². The largest absolute Gasteiger partial charge is 0.338 e. The van der Waals surface area contributed by atoms with Crippen molar-refractivity contribution < 1.29 is 9.59 Å². The number of aromatic nitrogens is 7. The fourth-order valence-electron chi connectivity index (χ4n) is 6.58. The second kappa shape index (κ2) is 12.9. The number of carbonyl (C=O) groups is 2. The van der Waals surface area contributed by atoms with Crippen LogP contribution in [0.1, 0.15) is 44.4 Å². The highest BCUT2D eigenvalue weighted by molar-refractivity contribution is 6.00.